The minimum absolute atomic E-state index is 0.0565. The second kappa shape index (κ2) is 11.3. The summed E-state index contributed by atoms with van der Waals surface area (Å²) in [6, 6.07) is 10.5. The molecule has 9 nitrogen and oxygen atoms in total. The van der Waals surface area contributed by atoms with Crippen molar-refractivity contribution in [2.75, 3.05) is 45.1 Å². The number of carbonyl (C=O) groups excluding carboxylic acids is 1. The van der Waals surface area contributed by atoms with Crippen LogP contribution < -0.4 is 14.2 Å². The van der Waals surface area contributed by atoms with Gasteiger partial charge in [0, 0.05) is 25.6 Å². The smallest absolute Gasteiger partial charge is 0.262 e. The van der Waals surface area contributed by atoms with Crippen molar-refractivity contribution in [3.63, 3.8) is 0 Å². The van der Waals surface area contributed by atoms with Crippen molar-refractivity contribution in [1.29, 1.82) is 0 Å². The molecule has 1 heterocycles. The van der Waals surface area contributed by atoms with Crippen molar-refractivity contribution in [2.24, 2.45) is 11.8 Å². The monoisotopic (exact) mass is 531 g/mol. The number of anilines is 1. The molecule has 2 aromatic carbocycles. The number of amides is 1. The van der Waals surface area contributed by atoms with Gasteiger partial charge in [0.2, 0.25) is 0 Å². The van der Waals surface area contributed by atoms with E-state index in [2.05, 4.69) is 16.7 Å². The van der Waals surface area contributed by atoms with Crippen LogP contribution in [0, 0.1) is 11.8 Å². The highest BCUT2D eigenvalue weighted by molar-refractivity contribution is 7.92. The van der Waals surface area contributed by atoms with Gasteiger partial charge in [-0.2, -0.15) is 0 Å². The maximum absolute atomic E-state index is 13.6. The Balaban J connectivity index is 1.71. The fourth-order valence-corrected chi connectivity index (χ4v) is 5.69. The standard InChI is InChI=1S/C27H37N3O6S/c1-18-14-30(19(2)17-31)27(32)23-6-5-7-24(26(23)36-25(18)16-29(3)15-20-8-9-20)28-37(33,34)22-12-10-21(35-4)11-13-22/h5-7,10-13,18-20,25,28,31H,8-9,14-17H2,1-4H3/t18-,19+,25+/m0/s1. The molecule has 4 rings (SSSR count). The Hall–Kier alpha value is -2.82. The number of fused-ring (bicyclic) bond motifs is 1. The molecule has 2 aliphatic rings. The van der Waals surface area contributed by atoms with E-state index in [1.807, 2.05) is 6.92 Å². The largest absolute Gasteiger partial charge is 0.497 e. The highest BCUT2D eigenvalue weighted by Gasteiger charge is 2.35. The Kier molecular flexibility index (Phi) is 8.30. The second-order valence-corrected chi connectivity index (χ2v) is 11.9. The minimum atomic E-state index is -3.97. The van der Waals surface area contributed by atoms with E-state index in [4.69, 9.17) is 9.47 Å². The van der Waals surface area contributed by atoms with Gasteiger partial charge in [0.1, 0.15) is 11.9 Å². The van der Waals surface area contributed by atoms with E-state index in [-0.39, 0.29) is 46.4 Å². The van der Waals surface area contributed by atoms with E-state index in [0.717, 1.165) is 6.54 Å². The number of ether oxygens (including phenoxy) is 2. The molecule has 0 spiro atoms. The molecule has 37 heavy (non-hydrogen) atoms. The van der Waals surface area contributed by atoms with Gasteiger partial charge in [0.05, 0.1) is 35.9 Å². The topological polar surface area (TPSA) is 108 Å². The van der Waals surface area contributed by atoms with Crippen molar-refractivity contribution >= 4 is 21.6 Å². The average Bonchev–Trinajstić information content (AvgIpc) is 3.69. The number of methoxy groups -OCH3 is 1. The molecular formula is C27H37N3O6S. The average molecular weight is 532 g/mol. The maximum atomic E-state index is 13.6. The third-order valence-corrected chi connectivity index (χ3v) is 8.45. The van der Waals surface area contributed by atoms with Crippen LogP contribution in [0.3, 0.4) is 0 Å². The molecule has 3 atom stereocenters. The van der Waals surface area contributed by atoms with Gasteiger partial charge < -0.3 is 24.4 Å². The third-order valence-electron chi connectivity index (χ3n) is 7.06. The lowest BCUT2D eigenvalue weighted by Gasteiger charge is -2.38. The predicted molar refractivity (Wildman–Crippen MR) is 142 cm³/mol. The molecule has 0 unspecified atom stereocenters. The molecular weight excluding hydrogens is 494 g/mol. The lowest BCUT2D eigenvalue weighted by Crippen LogP contribution is -2.50. The molecule has 1 aliphatic heterocycles. The fourth-order valence-electron chi connectivity index (χ4n) is 4.62. The van der Waals surface area contributed by atoms with E-state index in [0.29, 0.717) is 24.8 Å². The molecule has 0 aromatic heterocycles. The molecule has 10 heteroatoms. The van der Waals surface area contributed by atoms with Crippen LogP contribution in [0.2, 0.25) is 0 Å². The number of sulfonamides is 1. The highest BCUT2D eigenvalue weighted by Crippen LogP contribution is 2.36. The van der Waals surface area contributed by atoms with Crippen LogP contribution in [-0.2, 0) is 10.0 Å². The molecule has 202 valence electrons. The van der Waals surface area contributed by atoms with Crippen molar-refractivity contribution in [1.82, 2.24) is 9.80 Å². The van der Waals surface area contributed by atoms with Gasteiger partial charge in [-0.1, -0.05) is 13.0 Å². The summed E-state index contributed by atoms with van der Waals surface area (Å²) in [7, 11) is -0.394. The molecule has 0 saturated heterocycles. The lowest BCUT2D eigenvalue weighted by atomic mass is 9.99. The number of carbonyl (C=O) groups is 1. The van der Waals surface area contributed by atoms with E-state index in [9.17, 15) is 18.3 Å². The normalized spacial score (nSPS) is 21.0. The quantitative estimate of drug-likeness (QED) is 0.485. The SMILES string of the molecule is COc1ccc(S(=O)(=O)Nc2cccc3c2O[C@H](CN(C)CC2CC2)[C@@H](C)CN([C@H](C)CO)C3=O)cc1. The number of nitrogens with zero attached hydrogens (tertiary/aromatic N) is 2. The summed E-state index contributed by atoms with van der Waals surface area (Å²) in [6.45, 7) is 5.67. The summed E-state index contributed by atoms with van der Waals surface area (Å²) in [5, 5.41) is 9.86. The number of aliphatic hydroxyl groups excluding tert-OH is 1. The van der Waals surface area contributed by atoms with Gasteiger partial charge in [-0.15, -0.1) is 0 Å². The predicted octanol–water partition coefficient (Wildman–Crippen LogP) is 3.06. The van der Waals surface area contributed by atoms with E-state index < -0.39 is 16.1 Å². The number of hydrogen-bond donors (Lipinski definition) is 2. The molecule has 1 amide bonds. The zero-order valence-corrected chi connectivity index (χ0v) is 22.7. The first kappa shape index (κ1) is 27.2. The Morgan fingerprint density at radius 1 is 1.19 bits per heavy atom. The van der Waals surface area contributed by atoms with Crippen LogP contribution in [-0.4, -0.2) is 81.8 Å². The number of aliphatic hydroxyl groups is 1. The van der Waals surface area contributed by atoms with E-state index >= 15 is 0 Å². The molecule has 2 aromatic rings. The second-order valence-electron chi connectivity index (χ2n) is 10.3. The van der Waals surface area contributed by atoms with Crippen LogP contribution in [0.4, 0.5) is 5.69 Å². The Morgan fingerprint density at radius 3 is 2.51 bits per heavy atom. The van der Waals surface area contributed by atoms with Crippen molar-refractivity contribution in [3.05, 3.63) is 48.0 Å². The summed E-state index contributed by atoms with van der Waals surface area (Å²) in [4.78, 5) is 17.6. The van der Waals surface area contributed by atoms with Gasteiger partial charge in [-0.05, 0) is 69.1 Å². The Bertz CT molecular complexity index is 1200. The lowest BCUT2D eigenvalue weighted by molar-refractivity contribution is 0.0346. The van der Waals surface area contributed by atoms with E-state index in [1.54, 1.807) is 42.2 Å². The van der Waals surface area contributed by atoms with Crippen LogP contribution in [0.1, 0.15) is 37.0 Å². The minimum Gasteiger partial charge on any atom is -0.497 e. The van der Waals surface area contributed by atoms with Crippen molar-refractivity contribution in [2.45, 2.75) is 43.7 Å². The van der Waals surface area contributed by atoms with Crippen molar-refractivity contribution in [3.8, 4) is 11.5 Å². The van der Waals surface area contributed by atoms with Crippen LogP contribution in [0.15, 0.2) is 47.4 Å². The third kappa shape index (κ3) is 6.37. The zero-order valence-electron chi connectivity index (χ0n) is 21.9. The first-order chi connectivity index (χ1) is 17.6. The van der Waals surface area contributed by atoms with E-state index in [1.165, 1.54) is 32.1 Å². The molecule has 1 aliphatic carbocycles. The number of rotatable bonds is 10. The van der Waals surface area contributed by atoms with Crippen molar-refractivity contribution < 1.29 is 27.8 Å². The molecule has 1 fully saturated rings. The summed E-state index contributed by atoms with van der Waals surface area (Å²) in [5.74, 6) is 1.09. The zero-order chi connectivity index (χ0) is 26.7. The van der Waals surface area contributed by atoms with Crippen LogP contribution >= 0.6 is 0 Å². The molecule has 1 saturated carbocycles. The number of benzene rings is 2. The van der Waals surface area contributed by atoms with Crippen LogP contribution in [0.5, 0.6) is 11.5 Å². The summed E-state index contributed by atoms with van der Waals surface area (Å²) >= 11 is 0. The highest BCUT2D eigenvalue weighted by atomic mass is 32.2. The molecule has 0 radical (unpaired) electrons. The number of nitrogens with one attached hydrogen (secondary N) is 1. The summed E-state index contributed by atoms with van der Waals surface area (Å²) < 4.78 is 40.8. The Labute approximate surface area is 219 Å². The first-order valence-electron chi connectivity index (χ1n) is 12.7. The fraction of sp³-hybridized carbons (Fsp3) is 0.519. The van der Waals surface area contributed by atoms with Gasteiger partial charge >= 0.3 is 0 Å². The van der Waals surface area contributed by atoms with Gasteiger partial charge in [0.15, 0.2) is 5.75 Å². The summed E-state index contributed by atoms with van der Waals surface area (Å²) in [6.07, 6.45) is 2.18. The van der Waals surface area contributed by atoms with Gasteiger partial charge in [-0.3, -0.25) is 9.52 Å². The maximum Gasteiger partial charge on any atom is 0.262 e. The van der Waals surface area contributed by atoms with Gasteiger partial charge in [0.25, 0.3) is 15.9 Å². The molecule has 0 bridgehead atoms. The van der Waals surface area contributed by atoms with Gasteiger partial charge in [-0.25, -0.2) is 8.42 Å². The van der Waals surface area contributed by atoms with Crippen LogP contribution in [0.25, 0.3) is 0 Å². The number of likely N-dealkylation sites (N-methyl/N-ethyl adjacent to an activating group) is 1. The first-order valence-corrected chi connectivity index (χ1v) is 14.2. The number of hydrogen-bond acceptors (Lipinski definition) is 7. The summed E-state index contributed by atoms with van der Waals surface area (Å²) in [5.41, 5.74) is 0.458. The number of para-hydroxylation sites is 1. The molecule has 2 N–H and O–H groups in total. The Morgan fingerprint density at radius 2 is 1.89 bits per heavy atom.